The lowest BCUT2D eigenvalue weighted by Crippen LogP contribution is -2.36. The fourth-order valence-corrected chi connectivity index (χ4v) is 1.91. The van der Waals surface area contributed by atoms with E-state index in [0.717, 1.165) is 25.2 Å². The van der Waals surface area contributed by atoms with Gasteiger partial charge in [-0.2, -0.15) is 0 Å². The summed E-state index contributed by atoms with van der Waals surface area (Å²) in [6.45, 7) is 6.56. The standard InChI is InChI=1S/C11H17N3/c1-8(2)14-4-3-11-9(7-14)5-10(12)6-13-11/h5-6,8H,3-4,7,12H2,1-2H3. The molecule has 0 fully saturated rings. The first-order chi connectivity index (χ1) is 6.66. The van der Waals surface area contributed by atoms with E-state index in [4.69, 9.17) is 5.73 Å². The number of rotatable bonds is 1. The molecule has 0 amide bonds. The summed E-state index contributed by atoms with van der Waals surface area (Å²) in [5.41, 5.74) is 9.01. The Hall–Kier alpha value is -1.09. The second-order valence-corrected chi connectivity index (χ2v) is 4.19. The van der Waals surface area contributed by atoms with Gasteiger partial charge in [0.2, 0.25) is 0 Å². The van der Waals surface area contributed by atoms with Crippen molar-refractivity contribution in [3.05, 3.63) is 23.5 Å². The summed E-state index contributed by atoms with van der Waals surface area (Å²) in [6.07, 6.45) is 2.80. The Morgan fingerprint density at radius 1 is 1.50 bits per heavy atom. The highest BCUT2D eigenvalue weighted by Crippen LogP contribution is 2.20. The molecule has 0 saturated heterocycles. The van der Waals surface area contributed by atoms with Crippen LogP contribution in [0.5, 0.6) is 0 Å². The first kappa shape index (κ1) is 9.46. The summed E-state index contributed by atoms with van der Waals surface area (Å²) in [4.78, 5) is 6.81. The smallest absolute Gasteiger partial charge is 0.0504 e. The van der Waals surface area contributed by atoms with Crippen molar-refractivity contribution in [3.8, 4) is 0 Å². The van der Waals surface area contributed by atoms with E-state index in [2.05, 4.69) is 29.8 Å². The molecule has 1 aliphatic heterocycles. The van der Waals surface area contributed by atoms with Crippen LogP contribution in [0.4, 0.5) is 5.69 Å². The van der Waals surface area contributed by atoms with Gasteiger partial charge in [-0.25, -0.2) is 0 Å². The SMILES string of the molecule is CC(C)N1CCc2ncc(N)cc2C1. The largest absolute Gasteiger partial charge is 0.397 e. The molecule has 0 bridgehead atoms. The third kappa shape index (κ3) is 1.73. The van der Waals surface area contributed by atoms with Crippen LogP contribution in [0, 0.1) is 0 Å². The number of pyridine rings is 1. The molecule has 1 aromatic heterocycles. The van der Waals surface area contributed by atoms with Crippen LogP contribution < -0.4 is 5.73 Å². The van der Waals surface area contributed by atoms with Crippen molar-refractivity contribution >= 4 is 5.69 Å². The fraction of sp³-hybridized carbons (Fsp3) is 0.545. The third-order valence-corrected chi connectivity index (χ3v) is 2.82. The minimum atomic E-state index is 0.601. The van der Waals surface area contributed by atoms with Crippen molar-refractivity contribution in [2.45, 2.75) is 32.9 Å². The predicted octanol–water partition coefficient (Wildman–Crippen LogP) is 1.43. The fourth-order valence-electron chi connectivity index (χ4n) is 1.91. The quantitative estimate of drug-likeness (QED) is 0.730. The molecule has 1 aliphatic rings. The maximum absolute atomic E-state index is 5.72. The van der Waals surface area contributed by atoms with Crippen LogP contribution in [0.25, 0.3) is 0 Å². The van der Waals surface area contributed by atoms with Crippen molar-refractivity contribution in [2.24, 2.45) is 0 Å². The van der Waals surface area contributed by atoms with Crippen molar-refractivity contribution in [2.75, 3.05) is 12.3 Å². The minimum Gasteiger partial charge on any atom is -0.397 e. The van der Waals surface area contributed by atoms with Crippen LogP contribution in [0.2, 0.25) is 0 Å². The molecule has 3 nitrogen and oxygen atoms in total. The molecule has 0 spiro atoms. The Labute approximate surface area is 84.9 Å². The number of nitrogens with zero attached hydrogens (tertiary/aromatic N) is 2. The molecule has 0 atom stereocenters. The minimum absolute atomic E-state index is 0.601. The van der Waals surface area contributed by atoms with Gasteiger partial charge >= 0.3 is 0 Å². The van der Waals surface area contributed by atoms with Gasteiger partial charge in [0.1, 0.15) is 0 Å². The molecule has 2 heterocycles. The molecule has 0 unspecified atom stereocenters. The van der Waals surface area contributed by atoms with Gasteiger partial charge in [0.15, 0.2) is 0 Å². The topological polar surface area (TPSA) is 42.2 Å². The van der Waals surface area contributed by atoms with E-state index < -0.39 is 0 Å². The number of hydrogen-bond acceptors (Lipinski definition) is 3. The van der Waals surface area contributed by atoms with Gasteiger partial charge in [-0.3, -0.25) is 9.88 Å². The second kappa shape index (κ2) is 3.58. The van der Waals surface area contributed by atoms with E-state index in [1.165, 1.54) is 11.3 Å². The summed E-state index contributed by atoms with van der Waals surface area (Å²) in [6, 6.07) is 2.65. The van der Waals surface area contributed by atoms with Crippen LogP contribution in [-0.4, -0.2) is 22.5 Å². The molecule has 76 valence electrons. The summed E-state index contributed by atoms with van der Waals surface area (Å²) >= 11 is 0. The maximum atomic E-state index is 5.72. The molecule has 0 aliphatic carbocycles. The molecular formula is C11H17N3. The second-order valence-electron chi connectivity index (χ2n) is 4.19. The molecule has 2 rings (SSSR count). The lowest BCUT2D eigenvalue weighted by Gasteiger charge is -2.31. The van der Waals surface area contributed by atoms with Crippen LogP contribution in [-0.2, 0) is 13.0 Å². The van der Waals surface area contributed by atoms with Crippen molar-refractivity contribution in [1.29, 1.82) is 0 Å². The highest BCUT2D eigenvalue weighted by atomic mass is 15.2. The molecule has 2 N–H and O–H groups in total. The summed E-state index contributed by atoms with van der Waals surface area (Å²) < 4.78 is 0. The zero-order valence-corrected chi connectivity index (χ0v) is 8.83. The molecule has 1 aromatic rings. The Kier molecular flexibility index (Phi) is 2.42. The Balaban J connectivity index is 2.24. The van der Waals surface area contributed by atoms with E-state index in [-0.39, 0.29) is 0 Å². The number of hydrogen-bond donors (Lipinski definition) is 1. The van der Waals surface area contributed by atoms with Crippen LogP contribution in [0.1, 0.15) is 25.1 Å². The predicted molar refractivity (Wildman–Crippen MR) is 57.9 cm³/mol. The molecule has 3 heteroatoms. The van der Waals surface area contributed by atoms with Gasteiger partial charge in [0, 0.05) is 31.2 Å². The van der Waals surface area contributed by atoms with E-state index in [0.29, 0.717) is 6.04 Å². The average Bonchev–Trinajstić information content (AvgIpc) is 2.16. The van der Waals surface area contributed by atoms with Gasteiger partial charge in [0.05, 0.1) is 11.9 Å². The molecule has 0 radical (unpaired) electrons. The summed E-state index contributed by atoms with van der Waals surface area (Å²) in [5.74, 6) is 0. The van der Waals surface area contributed by atoms with Crippen LogP contribution in [0.15, 0.2) is 12.3 Å². The van der Waals surface area contributed by atoms with Crippen molar-refractivity contribution in [3.63, 3.8) is 0 Å². The Bertz CT molecular complexity index is 333. The van der Waals surface area contributed by atoms with Crippen LogP contribution >= 0.6 is 0 Å². The lowest BCUT2D eigenvalue weighted by molar-refractivity contribution is 0.202. The monoisotopic (exact) mass is 191 g/mol. The first-order valence-corrected chi connectivity index (χ1v) is 5.14. The Morgan fingerprint density at radius 2 is 2.29 bits per heavy atom. The first-order valence-electron chi connectivity index (χ1n) is 5.14. The van der Waals surface area contributed by atoms with E-state index in [9.17, 15) is 0 Å². The zero-order chi connectivity index (χ0) is 10.1. The van der Waals surface area contributed by atoms with Crippen molar-refractivity contribution < 1.29 is 0 Å². The number of nitrogens with two attached hydrogens (primary N) is 1. The molecule has 0 saturated carbocycles. The van der Waals surface area contributed by atoms with Gasteiger partial charge in [-0.15, -0.1) is 0 Å². The van der Waals surface area contributed by atoms with Gasteiger partial charge < -0.3 is 5.73 Å². The average molecular weight is 191 g/mol. The number of fused-ring (bicyclic) bond motifs is 1. The zero-order valence-electron chi connectivity index (χ0n) is 8.83. The van der Waals surface area contributed by atoms with E-state index in [1.807, 2.05) is 0 Å². The number of nitrogen functional groups attached to an aromatic ring is 1. The molecule has 0 aromatic carbocycles. The Morgan fingerprint density at radius 3 is 3.00 bits per heavy atom. The molecular weight excluding hydrogens is 174 g/mol. The number of aromatic nitrogens is 1. The lowest BCUT2D eigenvalue weighted by atomic mass is 10.0. The van der Waals surface area contributed by atoms with Gasteiger partial charge in [-0.05, 0) is 25.5 Å². The van der Waals surface area contributed by atoms with Gasteiger partial charge in [-0.1, -0.05) is 0 Å². The maximum Gasteiger partial charge on any atom is 0.0504 e. The normalized spacial score (nSPS) is 17.1. The van der Waals surface area contributed by atoms with Crippen molar-refractivity contribution in [1.82, 2.24) is 9.88 Å². The third-order valence-electron chi connectivity index (χ3n) is 2.82. The summed E-state index contributed by atoms with van der Waals surface area (Å²) in [7, 11) is 0. The summed E-state index contributed by atoms with van der Waals surface area (Å²) in [5, 5.41) is 0. The van der Waals surface area contributed by atoms with E-state index >= 15 is 0 Å². The highest BCUT2D eigenvalue weighted by molar-refractivity contribution is 5.40. The van der Waals surface area contributed by atoms with Gasteiger partial charge in [0.25, 0.3) is 0 Å². The van der Waals surface area contributed by atoms with E-state index in [1.54, 1.807) is 6.20 Å². The highest BCUT2D eigenvalue weighted by Gasteiger charge is 2.18. The van der Waals surface area contributed by atoms with Crippen LogP contribution in [0.3, 0.4) is 0 Å². The molecule has 14 heavy (non-hydrogen) atoms. The number of anilines is 1.